The minimum absolute atomic E-state index is 0.198. The Morgan fingerprint density at radius 1 is 1.09 bits per heavy atom. The van der Waals surface area contributed by atoms with Crippen molar-refractivity contribution in [2.45, 2.75) is 58.4 Å². The lowest BCUT2D eigenvalue weighted by atomic mass is 10.1. The molecule has 0 atom stereocenters. The van der Waals surface area contributed by atoms with Gasteiger partial charge in [0.05, 0.1) is 16.5 Å². The van der Waals surface area contributed by atoms with Gasteiger partial charge in [-0.3, -0.25) is 4.55 Å². The Kier molecular flexibility index (Phi) is 8.06. The molecule has 0 saturated carbocycles. The average Bonchev–Trinajstić information content (AvgIpc) is 3.31. The van der Waals surface area contributed by atoms with Gasteiger partial charge in [-0.05, 0) is 74.6 Å². The van der Waals surface area contributed by atoms with Gasteiger partial charge in [-0.2, -0.15) is 13.0 Å². The van der Waals surface area contributed by atoms with Gasteiger partial charge in [0.2, 0.25) is 5.52 Å². The molecule has 3 aromatic rings. The number of hydrogen-bond donors (Lipinski definition) is 1. The monoisotopic (exact) mass is 529 g/mol. The molecule has 0 amide bonds. The molecule has 2 aromatic carbocycles. The number of allylic oxidation sites excluding steroid dienone is 2. The van der Waals surface area contributed by atoms with Crippen LogP contribution in [0.3, 0.4) is 0 Å². The van der Waals surface area contributed by atoms with E-state index in [0.717, 1.165) is 18.0 Å². The van der Waals surface area contributed by atoms with Gasteiger partial charge >= 0.3 is 0 Å². The number of thiazole rings is 1. The molecule has 0 radical (unpaired) electrons. The predicted molar refractivity (Wildman–Crippen MR) is 149 cm³/mol. The lowest BCUT2D eigenvalue weighted by molar-refractivity contribution is -0.669. The second-order valence-corrected chi connectivity index (χ2v) is 12.6. The third kappa shape index (κ3) is 6.17. The minimum atomic E-state index is -3.93. The van der Waals surface area contributed by atoms with Crippen molar-refractivity contribution >= 4 is 55.2 Å². The van der Waals surface area contributed by atoms with E-state index >= 15 is 0 Å². The number of hydrogen-bond acceptors (Lipinski definition) is 5. The summed E-state index contributed by atoms with van der Waals surface area (Å²) < 4.78 is 34.9. The average molecular weight is 530 g/mol. The zero-order chi connectivity index (χ0) is 25.2. The molecule has 0 unspecified atom stereocenters. The van der Waals surface area contributed by atoms with Crippen molar-refractivity contribution in [2.24, 2.45) is 0 Å². The number of benzene rings is 2. The highest BCUT2D eigenvalue weighted by molar-refractivity contribution is 8.03. The van der Waals surface area contributed by atoms with E-state index in [4.69, 9.17) is 4.55 Å². The fourth-order valence-corrected chi connectivity index (χ4v) is 7.21. The Labute approximate surface area is 216 Å². The van der Waals surface area contributed by atoms with E-state index in [0.29, 0.717) is 19.4 Å². The van der Waals surface area contributed by atoms with Crippen molar-refractivity contribution in [3.8, 4) is 0 Å². The molecule has 1 N–H and O–H groups in total. The maximum absolute atomic E-state index is 11.1. The molecule has 1 aliphatic rings. The molecule has 8 heteroatoms. The third-order valence-electron chi connectivity index (χ3n) is 6.15. The summed E-state index contributed by atoms with van der Waals surface area (Å²) in [6.07, 6.45) is 6.61. The second-order valence-electron chi connectivity index (χ2n) is 8.93. The Hall–Kier alpha value is -2.13. The maximum Gasteiger partial charge on any atom is 0.264 e. The summed E-state index contributed by atoms with van der Waals surface area (Å²) in [6.45, 7) is 10.2. The highest BCUT2D eigenvalue weighted by atomic mass is 32.2. The first-order valence-corrected chi connectivity index (χ1v) is 15.3. The van der Waals surface area contributed by atoms with Crippen LogP contribution < -0.4 is 9.47 Å². The van der Waals surface area contributed by atoms with Gasteiger partial charge in [0.1, 0.15) is 4.70 Å². The number of anilines is 1. The molecule has 4 rings (SSSR count). The lowest BCUT2D eigenvalue weighted by Gasteiger charge is -2.18. The quantitative estimate of drug-likeness (QED) is 0.189. The molecule has 0 saturated heterocycles. The first kappa shape index (κ1) is 25.9. The van der Waals surface area contributed by atoms with E-state index in [1.165, 1.54) is 42.5 Å². The van der Waals surface area contributed by atoms with Gasteiger partial charge in [-0.1, -0.05) is 42.2 Å². The molecule has 2 heterocycles. The number of unbranched alkanes of at least 4 members (excludes halogenated alkanes) is 1. The maximum atomic E-state index is 11.1. The van der Waals surface area contributed by atoms with E-state index in [9.17, 15) is 8.42 Å². The van der Waals surface area contributed by atoms with Crippen LogP contribution in [0.5, 0.6) is 0 Å². The van der Waals surface area contributed by atoms with Gasteiger partial charge in [-0.15, -0.1) is 0 Å². The predicted octanol–water partition coefficient (Wildman–Crippen LogP) is 6.74. The number of aryl methyl sites for hydroxylation is 3. The van der Waals surface area contributed by atoms with Crippen LogP contribution in [-0.4, -0.2) is 25.3 Å². The Morgan fingerprint density at radius 2 is 1.83 bits per heavy atom. The molecule has 5 nitrogen and oxygen atoms in total. The molecule has 0 fully saturated rings. The molecule has 0 bridgehead atoms. The number of rotatable bonds is 9. The fourth-order valence-electron chi connectivity index (χ4n) is 4.31. The van der Waals surface area contributed by atoms with Gasteiger partial charge in [0.15, 0.2) is 6.54 Å². The Balaban J connectivity index is 1.68. The molecule has 35 heavy (non-hydrogen) atoms. The van der Waals surface area contributed by atoms with E-state index in [2.05, 4.69) is 85.7 Å². The molecule has 1 aliphatic heterocycles. The zero-order valence-corrected chi connectivity index (χ0v) is 23.2. The van der Waals surface area contributed by atoms with Crippen LogP contribution in [0.4, 0.5) is 5.69 Å². The lowest BCUT2D eigenvalue weighted by Crippen LogP contribution is -2.35. The van der Waals surface area contributed by atoms with Crippen LogP contribution in [0.25, 0.3) is 16.3 Å². The van der Waals surface area contributed by atoms with Gasteiger partial charge in [-0.25, -0.2) is 0 Å². The van der Waals surface area contributed by atoms with Crippen LogP contribution in [0, 0.1) is 13.8 Å². The summed E-state index contributed by atoms with van der Waals surface area (Å²) >= 11 is 3.59. The first-order chi connectivity index (χ1) is 16.7. The van der Waals surface area contributed by atoms with Crippen molar-refractivity contribution in [3.63, 3.8) is 0 Å². The number of nitrogens with zero attached hydrogens (tertiary/aromatic N) is 2. The summed E-state index contributed by atoms with van der Waals surface area (Å²) in [7, 11) is -3.93. The molecule has 0 aliphatic carbocycles. The van der Waals surface area contributed by atoms with Crippen molar-refractivity contribution in [1.82, 2.24) is 0 Å². The summed E-state index contributed by atoms with van der Waals surface area (Å²) in [4.78, 5) is 3.68. The Bertz CT molecular complexity index is 1400. The minimum Gasteiger partial charge on any atom is -0.335 e. The van der Waals surface area contributed by atoms with Crippen molar-refractivity contribution in [3.05, 3.63) is 69.2 Å². The van der Waals surface area contributed by atoms with Crippen LogP contribution in [0.15, 0.2) is 58.0 Å². The summed E-state index contributed by atoms with van der Waals surface area (Å²) in [5, 5.41) is 2.41. The standard InChI is InChI=1S/C27H32N2O3S3/c1-5-21(17-26-28(6-2)22-15-19(3)9-11-24(22)33-26)18-27-29(13-7-8-14-35(30,31)32)23-16-20(4)10-12-25(23)34-27/h9-12,15-18H,5-8,13-14H2,1-4H3/p+1. The van der Waals surface area contributed by atoms with Crippen molar-refractivity contribution in [1.29, 1.82) is 0 Å². The van der Waals surface area contributed by atoms with Crippen molar-refractivity contribution < 1.29 is 17.5 Å². The summed E-state index contributed by atoms with van der Waals surface area (Å²) in [5.41, 5.74) is 6.18. The SMILES string of the molecule is CCC(=C/c1sc2ccc(C)cc2[n+]1CCCCS(=O)(=O)O)/C=C1/Sc2ccc(C)cc2N1CC. The fraction of sp³-hybridized carbons (Fsp3) is 0.370. The highest BCUT2D eigenvalue weighted by Crippen LogP contribution is 2.46. The van der Waals surface area contributed by atoms with E-state index in [-0.39, 0.29) is 5.75 Å². The summed E-state index contributed by atoms with van der Waals surface area (Å²) in [5.74, 6) is -0.198. The molecular weight excluding hydrogens is 497 g/mol. The number of aromatic nitrogens is 1. The van der Waals surface area contributed by atoms with E-state index in [1.54, 1.807) is 11.3 Å². The number of fused-ring (bicyclic) bond motifs is 2. The van der Waals surface area contributed by atoms with E-state index in [1.807, 2.05) is 11.8 Å². The summed E-state index contributed by atoms with van der Waals surface area (Å²) in [6, 6.07) is 13.1. The topological polar surface area (TPSA) is 61.5 Å². The number of thioether (sulfide) groups is 1. The first-order valence-electron chi connectivity index (χ1n) is 12.0. The normalized spacial score (nSPS) is 15.4. The van der Waals surface area contributed by atoms with Crippen molar-refractivity contribution in [2.75, 3.05) is 17.2 Å². The second kappa shape index (κ2) is 10.9. The molecule has 0 spiro atoms. The zero-order valence-electron chi connectivity index (χ0n) is 20.7. The van der Waals surface area contributed by atoms with Crippen LogP contribution in [0.2, 0.25) is 0 Å². The van der Waals surface area contributed by atoms with Gasteiger partial charge in [0, 0.05) is 30.0 Å². The van der Waals surface area contributed by atoms with Crippen LogP contribution >= 0.6 is 23.1 Å². The molecular formula is C27H33N2O3S3+. The highest BCUT2D eigenvalue weighted by Gasteiger charge is 2.25. The van der Waals surface area contributed by atoms with Gasteiger partial charge < -0.3 is 4.90 Å². The smallest absolute Gasteiger partial charge is 0.264 e. The molecule has 186 valence electrons. The van der Waals surface area contributed by atoms with Crippen LogP contribution in [-0.2, 0) is 16.7 Å². The largest absolute Gasteiger partial charge is 0.335 e. The Morgan fingerprint density at radius 3 is 2.54 bits per heavy atom. The van der Waals surface area contributed by atoms with E-state index < -0.39 is 10.1 Å². The van der Waals surface area contributed by atoms with Crippen LogP contribution in [0.1, 0.15) is 49.2 Å². The third-order valence-corrected chi connectivity index (χ3v) is 9.18. The molecule has 1 aromatic heterocycles. The van der Waals surface area contributed by atoms with Gasteiger partial charge in [0.25, 0.3) is 15.1 Å².